The predicted octanol–water partition coefficient (Wildman–Crippen LogP) is 8.58. The molecule has 1 nitrogen and oxygen atoms in total. The summed E-state index contributed by atoms with van der Waals surface area (Å²) in [5, 5.41) is 5.36. The van der Waals surface area contributed by atoms with Gasteiger partial charge < -0.3 is 4.57 Å². The molecule has 0 bridgehead atoms. The number of rotatable bonds is 1. The van der Waals surface area contributed by atoms with Crippen LogP contribution in [0.4, 0.5) is 0 Å². The quantitative estimate of drug-likeness (QED) is 0.258. The molecule has 0 amide bonds. The van der Waals surface area contributed by atoms with Gasteiger partial charge in [-0.05, 0) is 56.2 Å². The van der Waals surface area contributed by atoms with E-state index in [2.05, 4.69) is 110 Å². The number of hydrogen-bond acceptors (Lipinski definition) is 1. The second kappa shape index (κ2) is 6.20. The molecule has 146 valence electrons. The highest BCUT2D eigenvalue weighted by Crippen LogP contribution is 2.42. The van der Waals surface area contributed by atoms with Gasteiger partial charge in [0, 0.05) is 47.5 Å². The Hall–Kier alpha value is -3.10. The lowest BCUT2D eigenvalue weighted by Gasteiger charge is -2.24. The summed E-state index contributed by atoms with van der Waals surface area (Å²) in [4.78, 5) is 0. The number of nitrogens with zero attached hydrogens (tertiary/aromatic N) is 1. The fourth-order valence-electron chi connectivity index (χ4n) is 4.84. The Morgan fingerprint density at radius 2 is 1.33 bits per heavy atom. The Labute approximate surface area is 180 Å². The molecule has 6 rings (SSSR count). The van der Waals surface area contributed by atoms with E-state index in [9.17, 15) is 0 Å². The van der Waals surface area contributed by atoms with Crippen LogP contribution in [0.3, 0.4) is 0 Å². The highest BCUT2D eigenvalue weighted by Gasteiger charge is 2.21. The first kappa shape index (κ1) is 17.7. The van der Waals surface area contributed by atoms with Crippen molar-refractivity contribution in [2.75, 3.05) is 0 Å². The van der Waals surface area contributed by atoms with Gasteiger partial charge in [-0.2, -0.15) is 0 Å². The van der Waals surface area contributed by atoms with Crippen LogP contribution in [0.25, 0.3) is 53.1 Å². The van der Waals surface area contributed by atoms with Crippen molar-refractivity contribution >= 4 is 53.3 Å². The zero-order valence-corrected chi connectivity index (χ0v) is 18.3. The van der Waals surface area contributed by atoms with E-state index < -0.39 is 0 Å². The smallest absolute Gasteiger partial charge is 0.0496 e. The predicted molar refractivity (Wildman–Crippen MR) is 133 cm³/mol. The van der Waals surface area contributed by atoms with Crippen molar-refractivity contribution in [1.82, 2.24) is 4.57 Å². The first-order valence-corrected chi connectivity index (χ1v) is 11.3. The maximum atomic E-state index is 2.47. The molecule has 0 saturated carbocycles. The van der Waals surface area contributed by atoms with E-state index in [-0.39, 0.29) is 5.54 Å². The summed E-state index contributed by atoms with van der Waals surface area (Å²) in [6.07, 6.45) is 0. The van der Waals surface area contributed by atoms with Crippen LogP contribution in [0.2, 0.25) is 0 Å². The summed E-state index contributed by atoms with van der Waals surface area (Å²) in [7, 11) is 0. The Kier molecular flexibility index (Phi) is 3.66. The van der Waals surface area contributed by atoms with Crippen LogP contribution in [-0.4, -0.2) is 4.57 Å². The molecule has 0 aliphatic rings. The maximum absolute atomic E-state index is 2.47. The van der Waals surface area contributed by atoms with E-state index >= 15 is 0 Å². The van der Waals surface area contributed by atoms with E-state index in [1.54, 1.807) is 0 Å². The average molecular weight is 406 g/mol. The molecule has 0 atom stereocenters. The van der Waals surface area contributed by atoms with Crippen molar-refractivity contribution in [3.63, 3.8) is 0 Å². The van der Waals surface area contributed by atoms with Crippen molar-refractivity contribution in [2.24, 2.45) is 0 Å². The van der Waals surface area contributed by atoms with Gasteiger partial charge in [0.05, 0.1) is 0 Å². The lowest BCUT2D eigenvalue weighted by Crippen LogP contribution is -2.21. The van der Waals surface area contributed by atoms with Gasteiger partial charge >= 0.3 is 0 Å². The standard InChI is InChI=1S/C28H23NS/c1-28(2,3)29-24-13-6-4-9-20(24)23-17-18(15-16-25(23)29)19-11-8-12-22-21-10-5-7-14-26(21)30-27(19)22/h4-17H,1-3H3. The van der Waals surface area contributed by atoms with Crippen LogP contribution >= 0.6 is 11.3 Å². The van der Waals surface area contributed by atoms with E-state index in [4.69, 9.17) is 0 Å². The third-order valence-corrected chi connectivity index (χ3v) is 7.28. The Bertz CT molecular complexity index is 1570. The van der Waals surface area contributed by atoms with Crippen molar-refractivity contribution < 1.29 is 0 Å². The molecule has 0 aliphatic carbocycles. The first-order chi connectivity index (χ1) is 14.5. The van der Waals surface area contributed by atoms with Gasteiger partial charge in [-0.15, -0.1) is 11.3 Å². The van der Waals surface area contributed by atoms with E-state index in [0.29, 0.717) is 0 Å². The number of aromatic nitrogens is 1. The van der Waals surface area contributed by atoms with Gasteiger partial charge in [0.15, 0.2) is 0 Å². The molecular formula is C28H23NS. The topological polar surface area (TPSA) is 4.93 Å². The summed E-state index contributed by atoms with van der Waals surface area (Å²) < 4.78 is 5.20. The largest absolute Gasteiger partial charge is 0.335 e. The fraction of sp³-hybridized carbons (Fsp3) is 0.143. The molecule has 0 spiro atoms. The second-order valence-corrected chi connectivity index (χ2v) is 10.1. The highest BCUT2D eigenvalue weighted by atomic mass is 32.1. The molecule has 0 aliphatic heterocycles. The fourth-order valence-corrected chi connectivity index (χ4v) is 6.08. The summed E-state index contributed by atoms with van der Waals surface area (Å²) in [5.41, 5.74) is 5.24. The third kappa shape index (κ3) is 2.47. The Morgan fingerprint density at radius 3 is 2.17 bits per heavy atom. The number of thiophene rings is 1. The molecule has 0 fully saturated rings. The third-order valence-electron chi connectivity index (χ3n) is 6.06. The summed E-state index contributed by atoms with van der Waals surface area (Å²) in [6.45, 7) is 6.85. The van der Waals surface area contributed by atoms with Crippen LogP contribution < -0.4 is 0 Å². The van der Waals surface area contributed by atoms with E-state index in [0.717, 1.165) is 0 Å². The van der Waals surface area contributed by atoms with Crippen LogP contribution in [0.15, 0.2) is 84.9 Å². The minimum absolute atomic E-state index is 0.0222. The zero-order chi connectivity index (χ0) is 20.5. The van der Waals surface area contributed by atoms with E-state index in [1.807, 2.05) is 11.3 Å². The van der Waals surface area contributed by atoms with Crippen LogP contribution in [0, 0.1) is 0 Å². The average Bonchev–Trinajstić information content (AvgIpc) is 3.29. The van der Waals surface area contributed by atoms with Gasteiger partial charge in [0.25, 0.3) is 0 Å². The van der Waals surface area contributed by atoms with E-state index in [1.165, 1.54) is 53.1 Å². The van der Waals surface area contributed by atoms with Crippen LogP contribution in [0.5, 0.6) is 0 Å². The maximum Gasteiger partial charge on any atom is 0.0496 e. The van der Waals surface area contributed by atoms with Gasteiger partial charge in [0.2, 0.25) is 0 Å². The minimum Gasteiger partial charge on any atom is -0.335 e. The van der Waals surface area contributed by atoms with Gasteiger partial charge in [-0.3, -0.25) is 0 Å². The molecule has 0 unspecified atom stereocenters. The molecule has 4 aromatic carbocycles. The summed E-state index contributed by atoms with van der Waals surface area (Å²) >= 11 is 1.90. The van der Waals surface area contributed by atoms with Crippen LogP contribution in [0.1, 0.15) is 20.8 Å². The highest BCUT2D eigenvalue weighted by molar-refractivity contribution is 7.26. The van der Waals surface area contributed by atoms with Gasteiger partial charge in [-0.25, -0.2) is 0 Å². The monoisotopic (exact) mass is 405 g/mol. The molecule has 2 aromatic heterocycles. The number of benzene rings is 4. The molecule has 0 saturated heterocycles. The molecule has 6 aromatic rings. The number of para-hydroxylation sites is 1. The zero-order valence-electron chi connectivity index (χ0n) is 17.4. The molecule has 0 radical (unpaired) electrons. The molecule has 2 heterocycles. The lowest BCUT2D eigenvalue weighted by molar-refractivity contribution is 0.423. The minimum atomic E-state index is 0.0222. The van der Waals surface area contributed by atoms with Crippen LogP contribution in [-0.2, 0) is 5.54 Å². The molecule has 30 heavy (non-hydrogen) atoms. The summed E-state index contributed by atoms with van der Waals surface area (Å²) in [5.74, 6) is 0. The second-order valence-electron chi connectivity index (χ2n) is 9.04. The normalized spacial score (nSPS) is 12.5. The number of hydrogen-bond donors (Lipinski definition) is 0. The molecule has 2 heteroatoms. The lowest BCUT2D eigenvalue weighted by atomic mass is 10.0. The molecular weight excluding hydrogens is 382 g/mol. The van der Waals surface area contributed by atoms with Gasteiger partial charge in [-0.1, -0.05) is 60.7 Å². The molecule has 0 N–H and O–H groups in total. The van der Waals surface area contributed by atoms with Crippen molar-refractivity contribution in [3.8, 4) is 11.1 Å². The first-order valence-electron chi connectivity index (χ1n) is 10.5. The number of fused-ring (bicyclic) bond motifs is 6. The SMILES string of the molecule is CC(C)(C)n1c2ccccc2c2cc(-c3cccc4c3sc3ccccc34)ccc21. The van der Waals surface area contributed by atoms with Crippen molar-refractivity contribution in [2.45, 2.75) is 26.3 Å². The van der Waals surface area contributed by atoms with Gasteiger partial charge in [0.1, 0.15) is 0 Å². The van der Waals surface area contributed by atoms with Crippen molar-refractivity contribution in [3.05, 3.63) is 84.9 Å². The van der Waals surface area contributed by atoms with Crippen molar-refractivity contribution in [1.29, 1.82) is 0 Å². The Balaban J connectivity index is 1.68. The Morgan fingerprint density at radius 1 is 0.633 bits per heavy atom. The summed E-state index contributed by atoms with van der Waals surface area (Å²) in [6, 6.07) is 31.2.